The fourth-order valence-corrected chi connectivity index (χ4v) is 3.49. The number of aromatic hydroxyl groups is 1. The van der Waals surface area contributed by atoms with Gasteiger partial charge in [0.05, 0.1) is 21.3 Å². The number of benzene rings is 2. The molecule has 0 saturated carbocycles. The molecule has 3 rings (SSSR count). The second kappa shape index (κ2) is 7.23. The molecule has 1 aliphatic heterocycles. The predicted molar refractivity (Wildman–Crippen MR) is 97.0 cm³/mol. The molecule has 1 aliphatic rings. The van der Waals surface area contributed by atoms with Gasteiger partial charge in [0.25, 0.3) is 0 Å². The normalized spacial score (nSPS) is 17.0. The maximum Gasteiger partial charge on any atom is 0.161 e. The van der Waals surface area contributed by atoms with Crippen LogP contribution in [-0.4, -0.2) is 44.9 Å². The Bertz CT molecular complexity index is 760. The molecule has 2 aromatic carbocycles. The summed E-state index contributed by atoms with van der Waals surface area (Å²) in [7, 11) is 7.04. The third kappa shape index (κ3) is 3.37. The summed E-state index contributed by atoms with van der Waals surface area (Å²) in [5.41, 5.74) is 3.68. The Hall–Kier alpha value is -2.40. The number of methoxy groups -OCH3 is 3. The van der Waals surface area contributed by atoms with Crippen LogP contribution in [0.4, 0.5) is 0 Å². The van der Waals surface area contributed by atoms with Crippen molar-refractivity contribution >= 4 is 0 Å². The second-order valence-electron chi connectivity index (χ2n) is 6.36. The van der Waals surface area contributed by atoms with Crippen molar-refractivity contribution < 1.29 is 19.3 Å². The van der Waals surface area contributed by atoms with Crippen LogP contribution in [0, 0.1) is 0 Å². The van der Waals surface area contributed by atoms with E-state index in [1.807, 2.05) is 12.1 Å². The summed E-state index contributed by atoms with van der Waals surface area (Å²) in [6.07, 6.45) is 1.82. The van der Waals surface area contributed by atoms with Crippen molar-refractivity contribution in [1.29, 1.82) is 0 Å². The molecule has 0 radical (unpaired) electrons. The maximum absolute atomic E-state index is 9.81. The van der Waals surface area contributed by atoms with Gasteiger partial charge in [-0.25, -0.2) is 0 Å². The van der Waals surface area contributed by atoms with E-state index >= 15 is 0 Å². The SMILES string of the molecule is COc1cc(C[C@@H]2c3cc(OC)c(OC)cc3CCN2C)ccc1O. The third-order valence-corrected chi connectivity index (χ3v) is 4.94. The van der Waals surface area contributed by atoms with Crippen LogP contribution >= 0.6 is 0 Å². The topological polar surface area (TPSA) is 51.2 Å². The lowest BCUT2D eigenvalue weighted by atomic mass is 9.88. The van der Waals surface area contributed by atoms with Crippen molar-refractivity contribution in [3.8, 4) is 23.0 Å². The third-order valence-electron chi connectivity index (χ3n) is 4.94. The molecule has 0 spiro atoms. The number of phenols is 1. The number of ether oxygens (including phenoxy) is 3. The minimum Gasteiger partial charge on any atom is -0.504 e. The number of phenolic OH excluding ortho intramolecular Hbond substituents is 1. The van der Waals surface area contributed by atoms with Crippen molar-refractivity contribution in [3.05, 3.63) is 47.0 Å². The summed E-state index contributed by atoms with van der Waals surface area (Å²) in [6.45, 7) is 0.988. The van der Waals surface area contributed by atoms with Crippen LogP contribution in [0.15, 0.2) is 30.3 Å². The van der Waals surface area contributed by atoms with E-state index in [1.54, 1.807) is 27.4 Å². The highest BCUT2D eigenvalue weighted by molar-refractivity contribution is 5.50. The van der Waals surface area contributed by atoms with Gasteiger partial charge < -0.3 is 19.3 Å². The van der Waals surface area contributed by atoms with Crippen LogP contribution in [0.1, 0.15) is 22.7 Å². The van der Waals surface area contributed by atoms with Crippen molar-refractivity contribution in [1.82, 2.24) is 4.90 Å². The Kier molecular flexibility index (Phi) is 5.04. The average Bonchev–Trinajstić information content (AvgIpc) is 2.64. The molecule has 0 bridgehead atoms. The van der Waals surface area contributed by atoms with Crippen molar-refractivity contribution in [2.75, 3.05) is 34.9 Å². The number of rotatable bonds is 5. The molecular weight excluding hydrogens is 318 g/mol. The highest BCUT2D eigenvalue weighted by Crippen LogP contribution is 2.39. The molecule has 0 aliphatic carbocycles. The summed E-state index contributed by atoms with van der Waals surface area (Å²) in [5.74, 6) is 2.19. The first-order chi connectivity index (χ1) is 12.1. The van der Waals surface area contributed by atoms with Gasteiger partial charge in [0.1, 0.15) is 0 Å². The Morgan fingerprint density at radius 2 is 1.68 bits per heavy atom. The Morgan fingerprint density at radius 3 is 2.36 bits per heavy atom. The maximum atomic E-state index is 9.81. The average molecular weight is 343 g/mol. The Morgan fingerprint density at radius 1 is 1.00 bits per heavy atom. The van der Waals surface area contributed by atoms with Crippen LogP contribution < -0.4 is 14.2 Å². The monoisotopic (exact) mass is 343 g/mol. The smallest absolute Gasteiger partial charge is 0.161 e. The van der Waals surface area contributed by atoms with E-state index in [4.69, 9.17) is 14.2 Å². The van der Waals surface area contributed by atoms with E-state index < -0.39 is 0 Å². The number of nitrogens with zero attached hydrogens (tertiary/aromatic N) is 1. The molecule has 1 atom stereocenters. The first-order valence-corrected chi connectivity index (χ1v) is 8.38. The predicted octanol–water partition coefficient (Wildman–Crippen LogP) is 3.19. The van der Waals surface area contributed by atoms with Crippen LogP contribution in [-0.2, 0) is 12.8 Å². The fourth-order valence-electron chi connectivity index (χ4n) is 3.49. The lowest BCUT2D eigenvalue weighted by Crippen LogP contribution is -2.33. The van der Waals surface area contributed by atoms with Crippen LogP contribution in [0.3, 0.4) is 0 Å². The molecule has 25 heavy (non-hydrogen) atoms. The minimum absolute atomic E-state index is 0.162. The first-order valence-electron chi connectivity index (χ1n) is 8.38. The van der Waals surface area contributed by atoms with E-state index in [9.17, 15) is 5.11 Å². The number of likely N-dealkylation sites (N-methyl/N-ethyl adjacent to an activating group) is 1. The largest absolute Gasteiger partial charge is 0.504 e. The second-order valence-corrected chi connectivity index (χ2v) is 6.36. The summed E-state index contributed by atoms with van der Waals surface area (Å²) in [4.78, 5) is 2.35. The molecular formula is C20H25NO4. The zero-order chi connectivity index (χ0) is 18.0. The van der Waals surface area contributed by atoms with E-state index in [0.717, 1.165) is 36.4 Å². The molecule has 0 aromatic heterocycles. The first kappa shape index (κ1) is 17.4. The number of hydrogen-bond donors (Lipinski definition) is 1. The molecule has 5 heteroatoms. The van der Waals surface area contributed by atoms with Gasteiger partial charge in [0, 0.05) is 12.6 Å². The van der Waals surface area contributed by atoms with Crippen LogP contribution in [0.5, 0.6) is 23.0 Å². The quantitative estimate of drug-likeness (QED) is 0.904. The molecule has 2 aromatic rings. The van der Waals surface area contributed by atoms with Crippen molar-refractivity contribution in [2.45, 2.75) is 18.9 Å². The number of fused-ring (bicyclic) bond motifs is 1. The molecule has 0 saturated heterocycles. The summed E-state index contributed by atoms with van der Waals surface area (Å²) in [6, 6.07) is 9.95. The molecule has 134 valence electrons. The highest BCUT2D eigenvalue weighted by Gasteiger charge is 2.27. The van der Waals surface area contributed by atoms with Crippen molar-refractivity contribution in [2.24, 2.45) is 0 Å². The van der Waals surface area contributed by atoms with Crippen molar-refractivity contribution in [3.63, 3.8) is 0 Å². The van der Waals surface area contributed by atoms with Crippen LogP contribution in [0.25, 0.3) is 0 Å². The standard InChI is InChI=1S/C20H25NO4/c1-21-8-7-14-11-19(24-3)20(25-4)12-15(14)16(21)9-13-5-6-17(22)18(10-13)23-2/h5-6,10-12,16,22H,7-9H2,1-4H3/t16-/m1/s1. The summed E-state index contributed by atoms with van der Waals surface area (Å²) in [5, 5.41) is 9.81. The lowest BCUT2D eigenvalue weighted by molar-refractivity contribution is 0.227. The minimum atomic E-state index is 0.162. The fraction of sp³-hybridized carbons (Fsp3) is 0.400. The van der Waals surface area contributed by atoms with E-state index in [1.165, 1.54) is 11.1 Å². The Balaban J connectivity index is 1.97. The molecule has 0 fully saturated rings. The molecule has 0 unspecified atom stereocenters. The zero-order valence-corrected chi connectivity index (χ0v) is 15.2. The van der Waals surface area contributed by atoms with Gasteiger partial charge in [-0.15, -0.1) is 0 Å². The van der Waals surface area contributed by atoms with E-state index in [-0.39, 0.29) is 11.8 Å². The van der Waals surface area contributed by atoms with Gasteiger partial charge >= 0.3 is 0 Å². The van der Waals surface area contributed by atoms with Gasteiger partial charge in [-0.05, 0) is 60.8 Å². The van der Waals surface area contributed by atoms with Crippen LogP contribution in [0.2, 0.25) is 0 Å². The Labute approximate surface area is 148 Å². The van der Waals surface area contributed by atoms with Gasteiger partial charge in [0.15, 0.2) is 23.0 Å². The van der Waals surface area contributed by atoms with E-state index in [2.05, 4.69) is 24.1 Å². The lowest BCUT2D eigenvalue weighted by Gasteiger charge is -2.35. The molecule has 1 N–H and O–H groups in total. The summed E-state index contributed by atoms with van der Waals surface area (Å²) < 4.78 is 16.2. The summed E-state index contributed by atoms with van der Waals surface area (Å²) >= 11 is 0. The number of hydrogen-bond acceptors (Lipinski definition) is 5. The van der Waals surface area contributed by atoms with Gasteiger partial charge in [-0.3, -0.25) is 4.90 Å². The van der Waals surface area contributed by atoms with Gasteiger partial charge in [-0.1, -0.05) is 6.07 Å². The molecule has 5 nitrogen and oxygen atoms in total. The van der Waals surface area contributed by atoms with Gasteiger partial charge in [0.2, 0.25) is 0 Å². The molecule has 1 heterocycles. The zero-order valence-electron chi connectivity index (χ0n) is 15.2. The highest BCUT2D eigenvalue weighted by atomic mass is 16.5. The molecule has 0 amide bonds. The van der Waals surface area contributed by atoms with Gasteiger partial charge in [-0.2, -0.15) is 0 Å². The van der Waals surface area contributed by atoms with E-state index in [0.29, 0.717) is 5.75 Å².